The predicted octanol–water partition coefficient (Wildman–Crippen LogP) is 3.19. The molecule has 8 heteroatoms. The van der Waals surface area contributed by atoms with Gasteiger partial charge in [-0.2, -0.15) is 5.10 Å². The van der Waals surface area contributed by atoms with E-state index in [2.05, 4.69) is 10.5 Å². The molecular weight excluding hydrogens is 350 g/mol. The summed E-state index contributed by atoms with van der Waals surface area (Å²) in [6.45, 7) is 2.12. The summed E-state index contributed by atoms with van der Waals surface area (Å²) in [6, 6.07) is 13.4. The van der Waals surface area contributed by atoms with Gasteiger partial charge >= 0.3 is 0 Å². The highest BCUT2D eigenvalue weighted by Gasteiger charge is 2.09. The Morgan fingerprint density at radius 3 is 2.52 bits per heavy atom. The summed E-state index contributed by atoms with van der Waals surface area (Å²) in [6.07, 6.45) is 4.35. The first kappa shape index (κ1) is 19.6. The highest BCUT2D eigenvalue weighted by molar-refractivity contribution is 5.82. The van der Waals surface area contributed by atoms with E-state index in [1.807, 2.05) is 13.0 Å². The fraction of sp³-hybridized carbons (Fsp3) is 0.158. The van der Waals surface area contributed by atoms with Crippen molar-refractivity contribution in [1.82, 2.24) is 5.43 Å². The van der Waals surface area contributed by atoms with Crippen molar-refractivity contribution in [2.75, 3.05) is 13.2 Å². The van der Waals surface area contributed by atoms with E-state index in [0.717, 1.165) is 0 Å². The zero-order valence-corrected chi connectivity index (χ0v) is 14.7. The summed E-state index contributed by atoms with van der Waals surface area (Å²) in [7, 11) is 0. The third-order valence-corrected chi connectivity index (χ3v) is 3.27. The topological polar surface area (TPSA) is 103 Å². The first-order valence-electron chi connectivity index (χ1n) is 8.18. The number of para-hydroxylation sites is 3. The van der Waals surface area contributed by atoms with Gasteiger partial charge in [0.05, 0.1) is 17.1 Å². The number of rotatable bonds is 9. The van der Waals surface area contributed by atoms with Gasteiger partial charge in [0.1, 0.15) is 0 Å². The van der Waals surface area contributed by atoms with E-state index in [1.54, 1.807) is 36.4 Å². The molecule has 0 aliphatic carbocycles. The van der Waals surface area contributed by atoms with Gasteiger partial charge in [-0.1, -0.05) is 24.3 Å². The van der Waals surface area contributed by atoms with E-state index in [1.165, 1.54) is 24.4 Å². The van der Waals surface area contributed by atoms with E-state index in [4.69, 9.17) is 9.47 Å². The smallest absolute Gasteiger partial charge is 0.277 e. The average molecular weight is 369 g/mol. The Kier molecular flexibility index (Phi) is 7.52. The Morgan fingerprint density at radius 1 is 1.15 bits per heavy atom. The number of nitrogens with one attached hydrogen (secondary N) is 1. The number of amides is 1. The van der Waals surface area contributed by atoms with E-state index >= 15 is 0 Å². The number of hydrogen-bond donors (Lipinski definition) is 1. The highest BCUT2D eigenvalue weighted by Crippen LogP contribution is 2.26. The second kappa shape index (κ2) is 10.3. The standard InChI is InChI=1S/C19H19N3O5/c1-2-26-17-11-5-6-12-18(17)27-14-19(23)21-20-13-7-9-15-8-3-4-10-16(15)22(24)25/h3-13H,2,14H2,1H3,(H,21,23)/b9-7+,20-13+. The van der Waals surface area contributed by atoms with E-state index in [-0.39, 0.29) is 12.3 Å². The van der Waals surface area contributed by atoms with Crippen LogP contribution >= 0.6 is 0 Å². The Bertz CT molecular complexity index is 849. The first-order valence-corrected chi connectivity index (χ1v) is 8.18. The molecule has 0 radical (unpaired) electrons. The lowest BCUT2D eigenvalue weighted by atomic mass is 10.2. The Morgan fingerprint density at radius 2 is 1.81 bits per heavy atom. The molecule has 0 spiro atoms. The fourth-order valence-corrected chi connectivity index (χ4v) is 2.11. The quantitative estimate of drug-likeness (QED) is 0.415. The Balaban J connectivity index is 1.83. The van der Waals surface area contributed by atoms with Crippen molar-refractivity contribution < 1.29 is 19.2 Å². The van der Waals surface area contributed by atoms with E-state index in [9.17, 15) is 14.9 Å². The molecule has 2 aromatic rings. The molecule has 1 amide bonds. The van der Waals surface area contributed by atoms with Gasteiger partial charge < -0.3 is 9.47 Å². The van der Waals surface area contributed by atoms with Crippen molar-refractivity contribution in [3.63, 3.8) is 0 Å². The van der Waals surface area contributed by atoms with E-state index in [0.29, 0.717) is 23.7 Å². The zero-order chi connectivity index (χ0) is 19.5. The van der Waals surface area contributed by atoms with Gasteiger partial charge in [-0.05, 0) is 37.3 Å². The number of carbonyl (C=O) groups excluding carboxylic acids is 1. The number of nitrogens with zero attached hydrogens (tertiary/aromatic N) is 2. The molecule has 1 N–H and O–H groups in total. The third-order valence-electron chi connectivity index (χ3n) is 3.27. The number of hydrazone groups is 1. The Labute approximate surface area is 156 Å². The summed E-state index contributed by atoms with van der Waals surface area (Å²) < 4.78 is 10.8. The molecule has 0 saturated heterocycles. The molecular formula is C19H19N3O5. The number of ether oxygens (including phenoxy) is 2. The fourth-order valence-electron chi connectivity index (χ4n) is 2.11. The molecule has 0 aliphatic rings. The summed E-state index contributed by atoms with van der Waals surface area (Å²) in [5.74, 6) is 0.579. The second-order valence-electron chi connectivity index (χ2n) is 5.16. The monoisotopic (exact) mass is 369 g/mol. The molecule has 2 aromatic carbocycles. The summed E-state index contributed by atoms with van der Waals surface area (Å²) >= 11 is 0. The third kappa shape index (κ3) is 6.28. The van der Waals surface area contributed by atoms with Crippen LogP contribution in [0.3, 0.4) is 0 Å². The first-order chi connectivity index (χ1) is 13.1. The van der Waals surface area contributed by atoms with Crippen LogP contribution in [0.4, 0.5) is 5.69 Å². The average Bonchev–Trinajstić information content (AvgIpc) is 2.67. The second-order valence-corrected chi connectivity index (χ2v) is 5.16. The SMILES string of the molecule is CCOc1ccccc1OCC(=O)N/N=C/C=C/c1ccccc1[N+](=O)[O-]. The van der Waals surface area contributed by atoms with Gasteiger partial charge in [0.15, 0.2) is 18.1 Å². The zero-order valence-electron chi connectivity index (χ0n) is 14.7. The molecule has 0 unspecified atom stereocenters. The number of carbonyl (C=O) groups is 1. The lowest BCUT2D eigenvalue weighted by Crippen LogP contribution is -2.24. The maximum absolute atomic E-state index is 11.8. The lowest BCUT2D eigenvalue weighted by Gasteiger charge is -2.10. The van der Waals surface area contributed by atoms with Gasteiger partial charge in [-0.25, -0.2) is 5.43 Å². The van der Waals surface area contributed by atoms with Crippen LogP contribution in [0.15, 0.2) is 59.7 Å². The minimum atomic E-state index is -0.462. The molecule has 0 saturated carbocycles. The van der Waals surface area contributed by atoms with Crippen LogP contribution in [0, 0.1) is 10.1 Å². The van der Waals surface area contributed by atoms with Gasteiger partial charge in [-0.15, -0.1) is 0 Å². The number of hydrogen-bond acceptors (Lipinski definition) is 6. The van der Waals surface area contributed by atoms with Crippen LogP contribution in [0.2, 0.25) is 0 Å². The minimum absolute atomic E-state index is 0.00690. The normalized spacial score (nSPS) is 10.9. The van der Waals surface area contributed by atoms with Crippen LogP contribution in [0.1, 0.15) is 12.5 Å². The van der Waals surface area contributed by atoms with Crippen molar-refractivity contribution in [2.24, 2.45) is 5.10 Å². The van der Waals surface area contributed by atoms with Crippen molar-refractivity contribution in [3.05, 3.63) is 70.3 Å². The maximum atomic E-state index is 11.8. The molecule has 2 rings (SSSR count). The minimum Gasteiger partial charge on any atom is -0.490 e. The highest BCUT2D eigenvalue weighted by atomic mass is 16.6. The van der Waals surface area contributed by atoms with Crippen molar-refractivity contribution in [1.29, 1.82) is 0 Å². The van der Waals surface area contributed by atoms with E-state index < -0.39 is 10.8 Å². The van der Waals surface area contributed by atoms with Gasteiger partial charge in [0.25, 0.3) is 11.6 Å². The van der Waals surface area contributed by atoms with Gasteiger partial charge in [0, 0.05) is 12.3 Å². The molecule has 8 nitrogen and oxygen atoms in total. The molecule has 0 bridgehead atoms. The number of benzene rings is 2. The lowest BCUT2D eigenvalue weighted by molar-refractivity contribution is -0.385. The van der Waals surface area contributed by atoms with Crippen molar-refractivity contribution in [3.8, 4) is 11.5 Å². The number of nitro groups is 1. The molecule has 0 aliphatic heterocycles. The van der Waals surface area contributed by atoms with Crippen LogP contribution in [-0.4, -0.2) is 30.3 Å². The number of allylic oxidation sites excluding steroid dienone is 1. The molecule has 140 valence electrons. The predicted molar refractivity (Wildman–Crippen MR) is 102 cm³/mol. The van der Waals surface area contributed by atoms with Gasteiger partial charge in [0.2, 0.25) is 0 Å². The summed E-state index contributed by atoms with van der Waals surface area (Å²) in [4.78, 5) is 22.2. The van der Waals surface area contributed by atoms with Crippen LogP contribution in [0.5, 0.6) is 11.5 Å². The Hall–Kier alpha value is -3.68. The van der Waals surface area contributed by atoms with Crippen molar-refractivity contribution >= 4 is 23.9 Å². The number of nitro benzene ring substituents is 1. The molecule has 0 atom stereocenters. The van der Waals surface area contributed by atoms with Crippen LogP contribution in [-0.2, 0) is 4.79 Å². The van der Waals surface area contributed by atoms with Crippen LogP contribution in [0.25, 0.3) is 6.08 Å². The summed E-state index contributed by atoms with van der Waals surface area (Å²) in [5, 5.41) is 14.7. The van der Waals surface area contributed by atoms with Crippen molar-refractivity contribution in [2.45, 2.75) is 6.92 Å². The largest absolute Gasteiger partial charge is 0.490 e. The van der Waals surface area contributed by atoms with Gasteiger partial charge in [-0.3, -0.25) is 14.9 Å². The molecule has 0 heterocycles. The molecule has 27 heavy (non-hydrogen) atoms. The maximum Gasteiger partial charge on any atom is 0.277 e. The van der Waals surface area contributed by atoms with Crippen LogP contribution < -0.4 is 14.9 Å². The summed E-state index contributed by atoms with van der Waals surface area (Å²) in [5.41, 5.74) is 2.74. The molecule has 0 aromatic heterocycles. The molecule has 0 fully saturated rings.